The number of nitrogens with zero attached hydrogens (tertiary/aromatic N) is 1. The lowest BCUT2D eigenvalue weighted by Crippen LogP contribution is -2.48. The van der Waals surface area contributed by atoms with Gasteiger partial charge in [0.2, 0.25) is 5.91 Å². The molecule has 3 nitrogen and oxygen atoms in total. The lowest BCUT2D eigenvalue weighted by Gasteiger charge is -2.39. The molecule has 2 heterocycles. The topological polar surface area (TPSA) is 32.3 Å². The average Bonchev–Trinajstić information content (AvgIpc) is 2.87. The van der Waals surface area contributed by atoms with Crippen LogP contribution < -0.4 is 5.32 Å². The number of carbonyl (C=O) groups is 1. The molecule has 1 aromatic heterocycles. The van der Waals surface area contributed by atoms with Gasteiger partial charge in [-0.25, -0.2) is 0 Å². The van der Waals surface area contributed by atoms with E-state index in [9.17, 15) is 4.79 Å². The van der Waals surface area contributed by atoms with Crippen LogP contribution in [-0.4, -0.2) is 22.9 Å². The second kappa shape index (κ2) is 3.82. The van der Waals surface area contributed by atoms with Gasteiger partial charge in [-0.05, 0) is 55.0 Å². The Morgan fingerprint density at radius 3 is 2.82 bits per heavy atom. The molecule has 3 rings (SSSR count). The molecule has 0 aromatic carbocycles. The number of rotatable bonds is 3. The quantitative estimate of drug-likeness (QED) is 0.893. The van der Waals surface area contributed by atoms with E-state index in [0.717, 1.165) is 0 Å². The zero-order chi connectivity index (χ0) is 12.0. The average molecular weight is 250 g/mol. The molecule has 2 fully saturated rings. The van der Waals surface area contributed by atoms with Gasteiger partial charge >= 0.3 is 0 Å². The van der Waals surface area contributed by atoms with E-state index in [-0.39, 0.29) is 17.6 Å². The highest BCUT2D eigenvalue weighted by molar-refractivity contribution is 7.07. The van der Waals surface area contributed by atoms with E-state index in [1.807, 2.05) is 0 Å². The second-order valence-corrected chi connectivity index (χ2v) is 6.31. The third-order valence-corrected chi connectivity index (χ3v) is 4.73. The minimum absolute atomic E-state index is 0.0206. The van der Waals surface area contributed by atoms with Gasteiger partial charge in [-0.1, -0.05) is 0 Å². The van der Waals surface area contributed by atoms with Crippen LogP contribution in [0.3, 0.4) is 0 Å². The van der Waals surface area contributed by atoms with Crippen LogP contribution in [0.25, 0.3) is 0 Å². The molecule has 17 heavy (non-hydrogen) atoms. The molecule has 1 aliphatic heterocycles. The summed E-state index contributed by atoms with van der Waals surface area (Å²) < 4.78 is 0. The number of nitrogens with one attached hydrogen (secondary N) is 1. The Morgan fingerprint density at radius 1 is 1.47 bits per heavy atom. The van der Waals surface area contributed by atoms with E-state index in [0.29, 0.717) is 12.5 Å². The van der Waals surface area contributed by atoms with E-state index >= 15 is 0 Å². The lowest BCUT2D eigenvalue weighted by atomic mass is 9.95. The molecule has 1 amide bonds. The van der Waals surface area contributed by atoms with Gasteiger partial charge in [0.25, 0.3) is 0 Å². The third-order valence-electron chi connectivity index (χ3n) is 4.03. The van der Waals surface area contributed by atoms with Gasteiger partial charge in [0, 0.05) is 5.54 Å². The number of carbonyl (C=O) groups excluding carboxylic acids is 1. The monoisotopic (exact) mass is 250 g/mol. The van der Waals surface area contributed by atoms with E-state index in [4.69, 9.17) is 0 Å². The van der Waals surface area contributed by atoms with Crippen LogP contribution in [0.1, 0.15) is 38.4 Å². The first-order valence-corrected chi connectivity index (χ1v) is 7.12. The molecular formula is C13H18N2OS. The van der Waals surface area contributed by atoms with E-state index in [2.05, 4.69) is 40.9 Å². The Bertz CT molecular complexity index is 423. The van der Waals surface area contributed by atoms with Gasteiger partial charge < -0.3 is 4.90 Å². The van der Waals surface area contributed by atoms with Crippen LogP contribution in [0.4, 0.5) is 0 Å². The number of hydrogen-bond acceptors (Lipinski definition) is 3. The Morgan fingerprint density at radius 2 is 2.24 bits per heavy atom. The number of thiophene rings is 1. The molecule has 0 radical (unpaired) electrons. The maximum absolute atomic E-state index is 12.1. The van der Waals surface area contributed by atoms with Crippen LogP contribution in [0, 0.1) is 5.92 Å². The van der Waals surface area contributed by atoms with Crippen molar-refractivity contribution >= 4 is 17.2 Å². The van der Waals surface area contributed by atoms with Crippen molar-refractivity contribution < 1.29 is 4.79 Å². The normalized spacial score (nSPS) is 25.6. The summed E-state index contributed by atoms with van der Waals surface area (Å²) in [6, 6.07) is 2.11. The fraction of sp³-hybridized carbons (Fsp3) is 0.615. The fourth-order valence-electron chi connectivity index (χ4n) is 2.84. The molecule has 1 saturated heterocycles. The van der Waals surface area contributed by atoms with Crippen LogP contribution in [0.15, 0.2) is 16.8 Å². The molecule has 1 atom stereocenters. The third kappa shape index (κ3) is 1.79. The Kier molecular flexibility index (Phi) is 2.52. The summed E-state index contributed by atoms with van der Waals surface area (Å²) in [7, 11) is 0. The molecule has 0 bridgehead atoms. The van der Waals surface area contributed by atoms with Crippen molar-refractivity contribution in [2.45, 2.75) is 38.4 Å². The van der Waals surface area contributed by atoms with Crippen LogP contribution in [-0.2, 0) is 4.79 Å². The Hall–Kier alpha value is -0.870. The molecule has 0 spiro atoms. The predicted molar refractivity (Wildman–Crippen MR) is 68.7 cm³/mol. The van der Waals surface area contributed by atoms with E-state index in [1.54, 1.807) is 11.3 Å². The highest BCUT2D eigenvalue weighted by atomic mass is 32.1. The highest BCUT2D eigenvalue weighted by Gasteiger charge is 2.49. The van der Waals surface area contributed by atoms with Gasteiger partial charge in [-0.3, -0.25) is 10.1 Å². The zero-order valence-electron chi connectivity index (χ0n) is 10.3. The molecule has 1 N–H and O–H groups in total. The van der Waals surface area contributed by atoms with Gasteiger partial charge in [-0.15, -0.1) is 0 Å². The molecule has 1 unspecified atom stereocenters. The van der Waals surface area contributed by atoms with Gasteiger partial charge in [0.15, 0.2) is 0 Å². The van der Waals surface area contributed by atoms with E-state index in [1.165, 1.54) is 18.4 Å². The number of hydrogen-bond donors (Lipinski definition) is 1. The first kappa shape index (κ1) is 11.2. The molecule has 1 aliphatic carbocycles. The molecule has 1 aromatic rings. The van der Waals surface area contributed by atoms with Gasteiger partial charge in [0.05, 0.1) is 6.54 Å². The molecule has 92 valence electrons. The summed E-state index contributed by atoms with van der Waals surface area (Å²) >= 11 is 1.69. The largest absolute Gasteiger partial charge is 0.316 e. The molecule has 1 saturated carbocycles. The van der Waals surface area contributed by atoms with Crippen molar-refractivity contribution in [2.24, 2.45) is 5.92 Å². The first-order chi connectivity index (χ1) is 8.10. The van der Waals surface area contributed by atoms with Crippen molar-refractivity contribution in [3.8, 4) is 0 Å². The molecule has 4 heteroatoms. The van der Waals surface area contributed by atoms with Crippen molar-refractivity contribution in [3.63, 3.8) is 0 Å². The van der Waals surface area contributed by atoms with Gasteiger partial charge in [0.1, 0.15) is 6.17 Å². The zero-order valence-corrected chi connectivity index (χ0v) is 11.1. The molecule has 2 aliphatic rings. The van der Waals surface area contributed by atoms with Gasteiger partial charge in [-0.2, -0.15) is 11.3 Å². The number of amides is 1. The van der Waals surface area contributed by atoms with Crippen LogP contribution in [0.5, 0.6) is 0 Å². The smallest absolute Gasteiger partial charge is 0.238 e. The van der Waals surface area contributed by atoms with Crippen molar-refractivity contribution in [1.82, 2.24) is 10.2 Å². The molecular weight excluding hydrogens is 232 g/mol. The highest BCUT2D eigenvalue weighted by Crippen LogP contribution is 2.46. The summed E-state index contributed by atoms with van der Waals surface area (Å²) in [4.78, 5) is 14.2. The minimum atomic E-state index is -0.0206. The summed E-state index contributed by atoms with van der Waals surface area (Å²) in [5.41, 5.74) is 1.20. The summed E-state index contributed by atoms with van der Waals surface area (Å²) in [6.07, 6.45) is 2.59. The maximum Gasteiger partial charge on any atom is 0.238 e. The lowest BCUT2D eigenvalue weighted by molar-refractivity contribution is -0.134. The second-order valence-electron chi connectivity index (χ2n) is 5.53. The van der Waals surface area contributed by atoms with Crippen molar-refractivity contribution in [1.29, 1.82) is 0 Å². The fourth-order valence-corrected chi connectivity index (χ4v) is 3.52. The summed E-state index contributed by atoms with van der Waals surface area (Å²) in [6.45, 7) is 4.88. The Labute approximate surface area is 106 Å². The van der Waals surface area contributed by atoms with Crippen LogP contribution in [0.2, 0.25) is 0 Å². The standard InChI is InChI=1S/C13H18N2OS/c1-13(2,10-3-4-10)15-11(16)7-14-12(15)9-5-6-17-8-9/h5-6,8,10,12,14H,3-4,7H2,1-2H3. The van der Waals surface area contributed by atoms with Crippen LogP contribution >= 0.6 is 11.3 Å². The minimum Gasteiger partial charge on any atom is -0.316 e. The van der Waals surface area contributed by atoms with Crippen molar-refractivity contribution in [2.75, 3.05) is 6.54 Å². The summed E-state index contributed by atoms with van der Waals surface area (Å²) in [5, 5.41) is 7.53. The Balaban J connectivity index is 1.91. The SMILES string of the molecule is CC(C)(C1CC1)N1C(=O)CNC1c1ccsc1. The summed E-state index contributed by atoms with van der Waals surface area (Å²) in [5.74, 6) is 0.908. The predicted octanol–water partition coefficient (Wildman–Crippen LogP) is 2.37. The van der Waals surface area contributed by atoms with E-state index < -0.39 is 0 Å². The first-order valence-electron chi connectivity index (χ1n) is 6.18. The van der Waals surface area contributed by atoms with Crippen molar-refractivity contribution in [3.05, 3.63) is 22.4 Å². The maximum atomic E-state index is 12.1.